The van der Waals surface area contributed by atoms with Crippen LogP contribution in [0.1, 0.15) is 44.0 Å². The Bertz CT molecular complexity index is 383. The Balaban J connectivity index is 2.95. The zero-order valence-electron chi connectivity index (χ0n) is 11.3. The van der Waals surface area contributed by atoms with E-state index in [1.807, 2.05) is 26.8 Å². The van der Waals surface area contributed by atoms with Crippen molar-refractivity contribution in [1.82, 2.24) is 0 Å². The number of aliphatic hydroxyl groups excluding tert-OH is 1. The van der Waals surface area contributed by atoms with Crippen molar-refractivity contribution in [3.05, 3.63) is 29.8 Å². The number of Topliss-reactive ketones (excluding diaryl/α,β-unsaturated/α-hetero) is 1. The third-order valence-corrected chi connectivity index (χ3v) is 3.22. The van der Waals surface area contributed by atoms with Gasteiger partial charge in [0.2, 0.25) is 0 Å². The van der Waals surface area contributed by atoms with Crippen LogP contribution in [0.4, 0.5) is 0 Å². The Morgan fingerprint density at radius 2 is 1.83 bits per heavy atom. The molecule has 100 valence electrons. The van der Waals surface area contributed by atoms with E-state index >= 15 is 0 Å². The summed E-state index contributed by atoms with van der Waals surface area (Å²) in [5, 5.41) is 10.1. The van der Waals surface area contributed by atoms with E-state index in [1.54, 1.807) is 18.2 Å². The lowest BCUT2D eigenvalue weighted by Crippen LogP contribution is -2.29. The Morgan fingerprint density at radius 1 is 1.22 bits per heavy atom. The maximum absolute atomic E-state index is 12.3. The van der Waals surface area contributed by atoms with Crippen molar-refractivity contribution < 1.29 is 14.6 Å². The summed E-state index contributed by atoms with van der Waals surface area (Å²) in [5.74, 6) is 0.315. The van der Waals surface area contributed by atoms with Crippen LogP contribution in [-0.4, -0.2) is 23.6 Å². The van der Waals surface area contributed by atoms with E-state index in [0.29, 0.717) is 17.9 Å². The number of carbonyl (C=O) groups excluding carboxylic acids is 1. The van der Waals surface area contributed by atoms with Crippen LogP contribution in [0.2, 0.25) is 0 Å². The number of carbonyl (C=O) groups is 1. The van der Waals surface area contributed by atoms with E-state index in [9.17, 15) is 9.90 Å². The Labute approximate surface area is 109 Å². The van der Waals surface area contributed by atoms with Crippen LogP contribution < -0.4 is 4.74 Å². The topological polar surface area (TPSA) is 46.5 Å². The highest BCUT2D eigenvalue weighted by Crippen LogP contribution is 2.23. The average molecular weight is 250 g/mol. The Hall–Kier alpha value is -1.35. The minimum absolute atomic E-state index is 0.00665. The van der Waals surface area contributed by atoms with Crippen molar-refractivity contribution in [1.29, 1.82) is 0 Å². The molecule has 0 saturated carbocycles. The first-order chi connectivity index (χ1) is 8.65. The summed E-state index contributed by atoms with van der Waals surface area (Å²) < 4.78 is 5.42. The predicted octanol–water partition coefficient (Wildman–Crippen LogP) is 3.07. The number of hydrogen-bond acceptors (Lipinski definition) is 3. The van der Waals surface area contributed by atoms with Crippen LogP contribution in [-0.2, 0) is 0 Å². The number of para-hydroxylation sites is 1. The number of aliphatic hydroxyl groups is 1. The zero-order valence-corrected chi connectivity index (χ0v) is 11.3. The van der Waals surface area contributed by atoms with Crippen molar-refractivity contribution in [3.63, 3.8) is 0 Å². The summed E-state index contributed by atoms with van der Waals surface area (Å²) in [7, 11) is 0. The van der Waals surface area contributed by atoms with Crippen molar-refractivity contribution in [3.8, 4) is 5.75 Å². The highest BCUT2D eigenvalue weighted by Gasteiger charge is 2.26. The Morgan fingerprint density at radius 3 is 2.39 bits per heavy atom. The molecule has 1 rings (SSSR count). The predicted molar refractivity (Wildman–Crippen MR) is 72.0 cm³/mol. The third kappa shape index (κ3) is 3.33. The van der Waals surface area contributed by atoms with Crippen molar-refractivity contribution >= 4 is 5.78 Å². The fourth-order valence-electron chi connectivity index (χ4n) is 2.06. The summed E-state index contributed by atoms with van der Waals surface area (Å²) in [6, 6.07) is 7.08. The molecule has 1 unspecified atom stereocenters. The van der Waals surface area contributed by atoms with E-state index in [2.05, 4.69) is 0 Å². The van der Waals surface area contributed by atoms with Gasteiger partial charge in [-0.3, -0.25) is 4.79 Å². The smallest absolute Gasteiger partial charge is 0.195 e. The second kappa shape index (κ2) is 7.17. The van der Waals surface area contributed by atoms with Gasteiger partial charge in [0, 0.05) is 0 Å². The molecule has 0 spiro atoms. The molecule has 18 heavy (non-hydrogen) atoms. The molecule has 0 aliphatic rings. The number of hydrogen-bond donors (Lipinski definition) is 1. The first kappa shape index (κ1) is 14.7. The largest absolute Gasteiger partial charge is 0.493 e. The molecule has 1 aromatic rings. The number of ketones is 1. The van der Waals surface area contributed by atoms with E-state index < -0.39 is 6.10 Å². The van der Waals surface area contributed by atoms with Crippen LogP contribution >= 0.6 is 0 Å². The fraction of sp³-hybridized carbons (Fsp3) is 0.533. The summed E-state index contributed by atoms with van der Waals surface area (Å²) in [6.07, 6.45) is 0.641. The van der Waals surface area contributed by atoms with Gasteiger partial charge in [-0.05, 0) is 25.0 Å². The van der Waals surface area contributed by atoms with Crippen molar-refractivity contribution in [2.45, 2.75) is 39.7 Å². The first-order valence-electron chi connectivity index (χ1n) is 6.59. The van der Waals surface area contributed by atoms with E-state index in [4.69, 9.17) is 4.74 Å². The lowest BCUT2D eigenvalue weighted by Gasteiger charge is -2.20. The molecule has 3 heteroatoms. The van der Waals surface area contributed by atoms with Crippen LogP contribution in [0.3, 0.4) is 0 Å². The number of benzene rings is 1. The highest BCUT2D eigenvalue weighted by molar-refractivity contribution is 6.01. The third-order valence-electron chi connectivity index (χ3n) is 3.22. The molecule has 0 aliphatic carbocycles. The molecule has 0 fully saturated rings. The van der Waals surface area contributed by atoms with Crippen LogP contribution in [0.5, 0.6) is 5.75 Å². The zero-order chi connectivity index (χ0) is 13.5. The Kier molecular flexibility index (Phi) is 5.86. The molecule has 0 aliphatic heterocycles. The average Bonchev–Trinajstić information content (AvgIpc) is 2.40. The van der Waals surface area contributed by atoms with Gasteiger partial charge < -0.3 is 9.84 Å². The standard InChI is InChI=1S/C15H22O3/c1-4-11(5-2)14(16)15(17)12-9-7-8-10-13(12)18-6-3/h7-11,14,16H,4-6H2,1-3H3. The molecule has 1 atom stereocenters. The summed E-state index contributed by atoms with van der Waals surface area (Å²) in [4.78, 5) is 12.3. The highest BCUT2D eigenvalue weighted by atomic mass is 16.5. The summed E-state index contributed by atoms with van der Waals surface area (Å²) in [6.45, 7) is 6.35. The maximum Gasteiger partial charge on any atom is 0.195 e. The quantitative estimate of drug-likeness (QED) is 0.756. The molecule has 1 N–H and O–H groups in total. The van der Waals surface area contributed by atoms with Crippen LogP contribution in [0.25, 0.3) is 0 Å². The minimum Gasteiger partial charge on any atom is -0.493 e. The number of rotatable bonds is 7. The van der Waals surface area contributed by atoms with E-state index in [1.165, 1.54) is 0 Å². The van der Waals surface area contributed by atoms with E-state index in [0.717, 1.165) is 12.8 Å². The van der Waals surface area contributed by atoms with Crippen LogP contribution in [0, 0.1) is 5.92 Å². The van der Waals surface area contributed by atoms with Crippen molar-refractivity contribution in [2.75, 3.05) is 6.61 Å². The minimum atomic E-state index is -0.943. The number of ether oxygens (including phenoxy) is 1. The van der Waals surface area contributed by atoms with Gasteiger partial charge in [-0.15, -0.1) is 0 Å². The molecule has 0 heterocycles. The van der Waals surface area contributed by atoms with Gasteiger partial charge in [-0.25, -0.2) is 0 Å². The van der Waals surface area contributed by atoms with Gasteiger partial charge in [0.1, 0.15) is 11.9 Å². The monoisotopic (exact) mass is 250 g/mol. The van der Waals surface area contributed by atoms with E-state index in [-0.39, 0.29) is 11.7 Å². The molecule has 0 amide bonds. The van der Waals surface area contributed by atoms with Gasteiger partial charge >= 0.3 is 0 Å². The molecule has 3 nitrogen and oxygen atoms in total. The van der Waals surface area contributed by atoms with Gasteiger partial charge in [-0.1, -0.05) is 38.8 Å². The molecule has 0 aromatic heterocycles. The van der Waals surface area contributed by atoms with Gasteiger partial charge in [0.15, 0.2) is 5.78 Å². The molecular formula is C15H22O3. The molecule has 0 radical (unpaired) electrons. The SMILES string of the molecule is CCOc1ccccc1C(=O)C(O)C(CC)CC. The van der Waals surface area contributed by atoms with Crippen molar-refractivity contribution in [2.24, 2.45) is 5.92 Å². The second-order valence-corrected chi connectivity index (χ2v) is 4.31. The summed E-state index contributed by atoms with van der Waals surface area (Å²) in [5.41, 5.74) is 0.471. The summed E-state index contributed by atoms with van der Waals surface area (Å²) >= 11 is 0. The lowest BCUT2D eigenvalue weighted by atomic mass is 9.90. The lowest BCUT2D eigenvalue weighted by molar-refractivity contribution is 0.0584. The van der Waals surface area contributed by atoms with Gasteiger partial charge in [-0.2, -0.15) is 0 Å². The molecule has 0 bridgehead atoms. The normalized spacial score (nSPS) is 12.5. The fourth-order valence-corrected chi connectivity index (χ4v) is 2.06. The first-order valence-corrected chi connectivity index (χ1v) is 6.59. The van der Waals surface area contributed by atoms with Gasteiger partial charge in [0.25, 0.3) is 0 Å². The molecule has 1 aromatic carbocycles. The molecule has 0 saturated heterocycles. The van der Waals surface area contributed by atoms with Gasteiger partial charge in [0.05, 0.1) is 12.2 Å². The maximum atomic E-state index is 12.3. The molecular weight excluding hydrogens is 228 g/mol. The second-order valence-electron chi connectivity index (χ2n) is 4.31. The van der Waals surface area contributed by atoms with Crippen LogP contribution in [0.15, 0.2) is 24.3 Å².